The van der Waals surface area contributed by atoms with Crippen LogP contribution in [0.25, 0.3) is 0 Å². The van der Waals surface area contributed by atoms with Gasteiger partial charge in [-0.25, -0.2) is 4.79 Å². The summed E-state index contributed by atoms with van der Waals surface area (Å²) in [5.74, 6) is 0.263. The third-order valence-corrected chi connectivity index (χ3v) is 5.17. The topological polar surface area (TPSA) is 67.9 Å². The number of hydrogen-bond acceptors (Lipinski definition) is 4. The number of carbonyl (C=O) groups excluding carboxylic acids is 2. The summed E-state index contributed by atoms with van der Waals surface area (Å²) in [6.07, 6.45) is 6.11. The van der Waals surface area contributed by atoms with Crippen molar-refractivity contribution < 1.29 is 19.1 Å². The molecule has 27 heavy (non-hydrogen) atoms. The number of nitrogens with one attached hydrogen (secondary N) is 1. The standard InChI is InChI=1S/C21H36N2O4/c1-16(18-9-7-13-23(18)20(25)27-21(2,3)4)8-5-6-12-22-19(24)17-10-14-26-15-11-17/h17-18H,1,5-15H2,2-4H3,(H,22,24)/t18-/m0/s1. The van der Waals surface area contributed by atoms with Crippen LogP contribution < -0.4 is 5.32 Å². The van der Waals surface area contributed by atoms with Crippen LogP contribution in [0.5, 0.6) is 0 Å². The monoisotopic (exact) mass is 380 g/mol. The molecule has 1 atom stereocenters. The Morgan fingerprint density at radius 2 is 1.89 bits per heavy atom. The fourth-order valence-electron chi connectivity index (χ4n) is 3.69. The first kappa shape index (κ1) is 21.7. The molecular weight excluding hydrogens is 344 g/mol. The van der Waals surface area contributed by atoms with Crippen LogP contribution in [-0.2, 0) is 14.3 Å². The highest BCUT2D eigenvalue weighted by Gasteiger charge is 2.33. The van der Waals surface area contributed by atoms with Crippen molar-refractivity contribution in [1.82, 2.24) is 10.2 Å². The number of hydrogen-bond donors (Lipinski definition) is 1. The molecule has 2 rings (SSSR count). The van der Waals surface area contributed by atoms with Crippen molar-refractivity contribution in [3.05, 3.63) is 12.2 Å². The van der Waals surface area contributed by atoms with Gasteiger partial charge in [0.05, 0.1) is 6.04 Å². The lowest BCUT2D eigenvalue weighted by Gasteiger charge is -2.29. The predicted octanol–water partition coefficient (Wildman–Crippen LogP) is 3.66. The van der Waals surface area contributed by atoms with Gasteiger partial charge in [0.25, 0.3) is 0 Å². The minimum atomic E-state index is -0.478. The Balaban J connectivity index is 1.65. The van der Waals surface area contributed by atoms with Gasteiger partial charge in [0.1, 0.15) is 5.60 Å². The van der Waals surface area contributed by atoms with E-state index >= 15 is 0 Å². The highest BCUT2D eigenvalue weighted by atomic mass is 16.6. The molecule has 2 fully saturated rings. The molecule has 6 nitrogen and oxygen atoms in total. The Morgan fingerprint density at radius 3 is 2.56 bits per heavy atom. The summed E-state index contributed by atoms with van der Waals surface area (Å²) in [5.41, 5.74) is 0.614. The van der Waals surface area contributed by atoms with E-state index in [1.807, 2.05) is 25.7 Å². The fourth-order valence-corrected chi connectivity index (χ4v) is 3.69. The van der Waals surface area contributed by atoms with Gasteiger partial charge < -0.3 is 19.7 Å². The minimum Gasteiger partial charge on any atom is -0.444 e. The van der Waals surface area contributed by atoms with E-state index in [-0.39, 0.29) is 24.0 Å². The first-order chi connectivity index (χ1) is 12.8. The van der Waals surface area contributed by atoms with E-state index in [2.05, 4.69) is 11.9 Å². The van der Waals surface area contributed by atoms with Crippen LogP contribution in [0.15, 0.2) is 12.2 Å². The van der Waals surface area contributed by atoms with Gasteiger partial charge in [0, 0.05) is 32.2 Å². The van der Waals surface area contributed by atoms with Crippen molar-refractivity contribution in [3.63, 3.8) is 0 Å². The van der Waals surface area contributed by atoms with Crippen LogP contribution >= 0.6 is 0 Å². The van der Waals surface area contributed by atoms with Gasteiger partial charge >= 0.3 is 6.09 Å². The van der Waals surface area contributed by atoms with Crippen molar-refractivity contribution >= 4 is 12.0 Å². The molecule has 2 heterocycles. The summed E-state index contributed by atoms with van der Waals surface area (Å²) < 4.78 is 10.8. The van der Waals surface area contributed by atoms with Crippen LogP contribution in [0.4, 0.5) is 4.79 Å². The number of rotatable bonds is 7. The minimum absolute atomic E-state index is 0.0803. The summed E-state index contributed by atoms with van der Waals surface area (Å²) in [5, 5.41) is 3.04. The van der Waals surface area contributed by atoms with Gasteiger partial charge in [0.15, 0.2) is 0 Å². The van der Waals surface area contributed by atoms with Gasteiger partial charge in [-0.15, -0.1) is 0 Å². The zero-order valence-corrected chi connectivity index (χ0v) is 17.2. The number of amides is 2. The van der Waals surface area contributed by atoms with E-state index in [0.717, 1.165) is 57.1 Å². The summed E-state index contributed by atoms with van der Waals surface area (Å²) >= 11 is 0. The molecule has 0 bridgehead atoms. The quantitative estimate of drug-likeness (QED) is 0.541. The molecule has 1 N–H and O–H groups in total. The van der Waals surface area contributed by atoms with Gasteiger partial charge in [-0.1, -0.05) is 12.2 Å². The van der Waals surface area contributed by atoms with Crippen LogP contribution in [-0.4, -0.2) is 54.8 Å². The highest BCUT2D eigenvalue weighted by molar-refractivity contribution is 5.78. The summed E-state index contributed by atoms with van der Waals surface area (Å²) in [6, 6.07) is 0.0803. The van der Waals surface area contributed by atoms with E-state index in [0.29, 0.717) is 19.8 Å². The number of likely N-dealkylation sites (tertiary alicyclic amines) is 1. The molecule has 2 aliphatic rings. The average molecular weight is 381 g/mol. The smallest absolute Gasteiger partial charge is 0.410 e. The molecule has 2 aliphatic heterocycles. The van der Waals surface area contributed by atoms with Gasteiger partial charge in [-0.3, -0.25) is 4.79 Å². The lowest BCUT2D eigenvalue weighted by atomic mass is 9.99. The van der Waals surface area contributed by atoms with Crippen LogP contribution in [0.1, 0.15) is 65.7 Å². The van der Waals surface area contributed by atoms with Crippen molar-refractivity contribution in [3.8, 4) is 0 Å². The highest BCUT2D eigenvalue weighted by Crippen LogP contribution is 2.27. The molecule has 0 radical (unpaired) electrons. The molecule has 0 aliphatic carbocycles. The lowest BCUT2D eigenvalue weighted by Crippen LogP contribution is -2.40. The molecule has 2 amide bonds. The normalized spacial score (nSPS) is 21.1. The largest absolute Gasteiger partial charge is 0.444 e. The van der Waals surface area contributed by atoms with Crippen molar-refractivity contribution in [2.24, 2.45) is 5.92 Å². The molecule has 0 spiro atoms. The van der Waals surface area contributed by atoms with Gasteiger partial charge in [-0.05, 0) is 65.7 Å². The summed E-state index contributed by atoms with van der Waals surface area (Å²) in [6.45, 7) is 12.7. The number of nitrogens with zero attached hydrogens (tertiary/aromatic N) is 1. The van der Waals surface area contributed by atoms with E-state index in [1.165, 1.54) is 0 Å². The van der Waals surface area contributed by atoms with Gasteiger partial charge in [-0.2, -0.15) is 0 Å². The van der Waals surface area contributed by atoms with Gasteiger partial charge in [0.2, 0.25) is 5.91 Å². The fraction of sp³-hybridized carbons (Fsp3) is 0.810. The molecular formula is C21H36N2O4. The van der Waals surface area contributed by atoms with E-state index in [9.17, 15) is 9.59 Å². The Kier molecular flexibility index (Phi) is 8.14. The molecule has 0 aromatic rings. The predicted molar refractivity (Wildman–Crippen MR) is 106 cm³/mol. The zero-order chi connectivity index (χ0) is 19.9. The van der Waals surface area contributed by atoms with Crippen molar-refractivity contribution in [2.45, 2.75) is 77.4 Å². The number of carbonyl (C=O) groups is 2. The second kappa shape index (κ2) is 10.1. The van der Waals surface area contributed by atoms with Crippen molar-refractivity contribution in [2.75, 3.05) is 26.3 Å². The zero-order valence-electron chi connectivity index (χ0n) is 17.2. The van der Waals surface area contributed by atoms with Crippen LogP contribution in [0.2, 0.25) is 0 Å². The lowest BCUT2D eigenvalue weighted by molar-refractivity contribution is -0.127. The number of ether oxygens (including phenoxy) is 2. The Bertz CT molecular complexity index is 521. The molecule has 0 saturated carbocycles. The van der Waals surface area contributed by atoms with Crippen LogP contribution in [0, 0.1) is 5.92 Å². The van der Waals surface area contributed by atoms with E-state index < -0.39 is 5.60 Å². The summed E-state index contributed by atoms with van der Waals surface area (Å²) in [4.78, 5) is 26.3. The van der Waals surface area contributed by atoms with E-state index in [4.69, 9.17) is 9.47 Å². The molecule has 2 saturated heterocycles. The molecule has 0 aromatic carbocycles. The number of unbranched alkanes of at least 4 members (excludes halogenated alkanes) is 1. The Labute approximate surface area is 163 Å². The molecule has 0 aromatic heterocycles. The maximum atomic E-state index is 12.4. The second-order valence-electron chi connectivity index (χ2n) is 8.62. The SMILES string of the molecule is C=C(CCCCNC(=O)C1CCOCC1)[C@@H]1CCCN1C(=O)OC(C)(C)C. The maximum absolute atomic E-state index is 12.4. The van der Waals surface area contributed by atoms with E-state index in [1.54, 1.807) is 0 Å². The third-order valence-electron chi connectivity index (χ3n) is 5.17. The molecule has 0 unspecified atom stereocenters. The van der Waals surface area contributed by atoms with Crippen LogP contribution in [0.3, 0.4) is 0 Å². The first-order valence-corrected chi connectivity index (χ1v) is 10.3. The second-order valence-corrected chi connectivity index (χ2v) is 8.62. The molecule has 154 valence electrons. The summed E-state index contributed by atoms with van der Waals surface area (Å²) in [7, 11) is 0. The van der Waals surface area contributed by atoms with Crippen molar-refractivity contribution in [1.29, 1.82) is 0 Å². The first-order valence-electron chi connectivity index (χ1n) is 10.3. The maximum Gasteiger partial charge on any atom is 0.410 e. The Morgan fingerprint density at radius 1 is 1.19 bits per heavy atom. The average Bonchev–Trinajstić information content (AvgIpc) is 3.10. The molecule has 6 heteroatoms. The Hall–Kier alpha value is -1.56. The third kappa shape index (κ3) is 7.17.